The number of nitriles is 1. The molecule has 100 valence electrons. The minimum atomic E-state index is -1.46. The number of aromatic nitrogens is 1. The minimum absolute atomic E-state index is 0.0643. The first-order valence-electron chi connectivity index (χ1n) is 5.30. The predicted octanol–water partition coefficient (Wildman–Crippen LogP) is 1.17. The number of esters is 1. The Balaban J connectivity index is 3.31. The molecule has 1 aromatic rings. The number of pyridine rings is 1. The molecule has 19 heavy (non-hydrogen) atoms. The van der Waals surface area contributed by atoms with Crippen molar-refractivity contribution >= 4 is 11.7 Å². The van der Waals surface area contributed by atoms with Crippen molar-refractivity contribution in [3.05, 3.63) is 27.9 Å². The van der Waals surface area contributed by atoms with Crippen LogP contribution in [0.2, 0.25) is 0 Å². The van der Waals surface area contributed by atoms with E-state index in [2.05, 4.69) is 4.98 Å². The number of nitrogens with zero attached hydrogens (tertiary/aromatic N) is 3. The van der Waals surface area contributed by atoms with Crippen LogP contribution in [0.3, 0.4) is 0 Å². The lowest BCUT2D eigenvalue weighted by atomic mass is 10.1. The van der Waals surface area contributed by atoms with Crippen LogP contribution in [-0.2, 0) is 9.53 Å². The molecule has 0 saturated heterocycles. The topological polar surface area (TPSA) is 115 Å². The lowest BCUT2D eigenvalue weighted by Crippen LogP contribution is -2.17. The van der Waals surface area contributed by atoms with E-state index in [-0.39, 0.29) is 18.2 Å². The van der Waals surface area contributed by atoms with Gasteiger partial charge in [-0.1, -0.05) is 0 Å². The van der Waals surface area contributed by atoms with Gasteiger partial charge in [0.25, 0.3) is 5.69 Å². The number of hydrogen-bond donors (Lipinski definition) is 0. The standard InChI is InChI=1S/C11H11N3O5/c1-3-19-11(15)7(6-12)10-8(14(16)17)4-5-9(13-10)18-2/h4-5,7H,3H2,1-2H3. The van der Waals surface area contributed by atoms with E-state index < -0.39 is 22.5 Å². The smallest absolute Gasteiger partial charge is 0.329 e. The fourth-order valence-corrected chi connectivity index (χ4v) is 1.38. The van der Waals surface area contributed by atoms with Gasteiger partial charge in [-0.15, -0.1) is 0 Å². The largest absolute Gasteiger partial charge is 0.481 e. The summed E-state index contributed by atoms with van der Waals surface area (Å²) in [5, 5.41) is 19.9. The average molecular weight is 265 g/mol. The first-order valence-corrected chi connectivity index (χ1v) is 5.30. The quantitative estimate of drug-likeness (QED) is 0.445. The van der Waals surface area contributed by atoms with Crippen LogP contribution in [0.15, 0.2) is 12.1 Å². The zero-order chi connectivity index (χ0) is 14.4. The Bertz CT molecular complexity index is 538. The Kier molecular flexibility index (Phi) is 4.76. The van der Waals surface area contributed by atoms with Crippen molar-refractivity contribution in [2.24, 2.45) is 0 Å². The molecular formula is C11H11N3O5. The van der Waals surface area contributed by atoms with E-state index in [9.17, 15) is 14.9 Å². The number of ether oxygens (including phenoxy) is 2. The van der Waals surface area contributed by atoms with E-state index in [0.29, 0.717) is 0 Å². The maximum Gasteiger partial charge on any atom is 0.329 e. The lowest BCUT2D eigenvalue weighted by molar-refractivity contribution is -0.386. The summed E-state index contributed by atoms with van der Waals surface area (Å²) in [5.41, 5.74) is -0.717. The SMILES string of the molecule is CCOC(=O)C(C#N)c1nc(OC)ccc1[N+](=O)[O-]. The summed E-state index contributed by atoms with van der Waals surface area (Å²) in [6.45, 7) is 1.63. The highest BCUT2D eigenvalue weighted by atomic mass is 16.6. The summed E-state index contributed by atoms with van der Waals surface area (Å²) in [4.78, 5) is 25.6. The Morgan fingerprint density at radius 3 is 2.79 bits per heavy atom. The van der Waals surface area contributed by atoms with Crippen LogP contribution in [0, 0.1) is 21.4 Å². The highest BCUT2D eigenvalue weighted by molar-refractivity contribution is 5.82. The van der Waals surface area contributed by atoms with Gasteiger partial charge in [-0.3, -0.25) is 14.9 Å². The maximum atomic E-state index is 11.6. The van der Waals surface area contributed by atoms with E-state index >= 15 is 0 Å². The van der Waals surface area contributed by atoms with E-state index in [4.69, 9.17) is 14.7 Å². The highest BCUT2D eigenvalue weighted by Crippen LogP contribution is 2.27. The molecule has 8 heteroatoms. The fourth-order valence-electron chi connectivity index (χ4n) is 1.38. The average Bonchev–Trinajstić information content (AvgIpc) is 2.39. The Morgan fingerprint density at radius 2 is 2.32 bits per heavy atom. The van der Waals surface area contributed by atoms with Gasteiger partial charge in [-0.25, -0.2) is 4.98 Å². The van der Waals surface area contributed by atoms with Gasteiger partial charge < -0.3 is 9.47 Å². The fraction of sp³-hybridized carbons (Fsp3) is 0.364. The summed E-state index contributed by atoms with van der Waals surface area (Å²) in [7, 11) is 1.32. The molecule has 0 aliphatic carbocycles. The molecule has 0 bridgehead atoms. The summed E-state index contributed by atoms with van der Waals surface area (Å²) in [6, 6.07) is 4.06. The number of hydrogen-bond acceptors (Lipinski definition) is 7. The summed E-state index contributed by atoms with van der Waals surface area (Å²) < 4.78 is 9.52. The molecule has 8 nitrogen and oxygen atoms in total. The molecule has 0 amide bonds. The Morgan fingerprint density at radius 1 is 1.63 bits per heavy atom. The van der Waals surface area contributed by atoms with Crippen molar-refractivity contribution in [2.75, 3.05) is 13.7 Å². The van der Waals surface area contributed by atoms with Crippen molar-refractivity contribution in [1.29, 1.82) is 5.26 Å². The van der Waals surface area contributed by atoms with Gasteiger partial charge in [-0.2, -0.15) is 5.26 Å². The van der Waals surface area contributed by atoms with Crippen LogP contribution in [0.25, 0.3) is 0 Å². The van der Waals surface area contributed by atoms with E-state index in [0.717, 1.165) is 6.07 Å². The van der Waals surface area contributed by atoms with Crippen molar-refractivity contribution in [3.8, 4) is 11.9 Å². The number of carbonyl (C=O) groups excluding carboxylic acids is 1. The maximum absolute atomic E-state index is 11.6. The lowest BCUT2D eigenvalue weighted by Gasteiger charge is -2.09. The first kappa shape index (κ1) is 14.4. The second kappa shape index (κ2) is 6.30. The molecule has 0 N–H and O–H groups in total. The van der Waals surface area contributed by atoms with Crippen LogP contribution < -0.4 is 4.74 Å². The molecule has 1 heterocycles. The van der Waals surface area contributed by atoms with Gasteiger partial charge in [0, 0.05) is 12.1 Å². The molecular weight excluding hydrogens is 254 g/mol. The minimum Gasteiger partial charge on any atom is -0.481 e. The molecule has 0 aromatic carbocycles. The molecule has 1 aromatic heterocycles. The van der Waals surface area contributed by atoms with Crippen LogP contribution in [0.1, 0.15) is 18.5 Å². The van der Waals surface area contributed by atoms with Crippen LogP contribution >= 0.6 is 0 Å². The van der Waals surface area contributed by atoms with Gasteiger partial charge >= 0.3 is 5.97 Å². The van der Waals surface area contributed by atoms with Crippen LogP contribution in [0.4, 0.5) is 5.69 Å². The normalized spacial score (nSPS) is 11.2. The Labute approximate surface area is 108 Å². The zero-order valence-electron chi connectivity index (χ0n) is 10.3. The molecule has 0 spiro atoms. The summed E-state index contributed by atoms with van der Waals surface area (Å²) in [6.07, 6.45) is 0. The number of methoxy groups -OCH3 is 1. The highest BCUT2D eigenvalue weighted by Gasteiger charge is 2.31. The molecule has 0 aliphatic heterocycles. The zero-order valence-corrected chi connectivity index (χ0v) is 10.3. The first-order chi connectivity index (χ1) is 9.04. The second-order valence-corrected chi connectivity index (χ2v) is 3.33. The van der Waals surface area contributed by atoms with E-state index in [1.165, 1.54) is 13.2 Å². The van der Waals surface area contributed by atoms with Gasteiger partial charge in [-0.05, 0) is 6.92 Å². The van der Waals surface area contributed by atoms with Gasteiger partial charge in [0.05, 0.1) is 24.7 Å². The number of rotatable bonds is 5. The summed E-state index contributed by atoms with van der Waals surface area (Å²) in [5.74, 6) is -2.27. The second-order valence-electron chi connectivity index (χ2n) is 3.33. The molecule has 1 atom stereocenters. The van der Waals surface area contributed by atoms with Crippen molar-refractivity contribution in [3.63, 3.8) is 0 Å². The molecule has 1 unspecified atom stereocenters. The van der Waals surface area contributed by atoms with Crippen molar-refractivity contribution in [2.45, 2.75) is 12.8 Å². The monoisotopic (exact) mass is 265 g/mol. The van der Waals surface area contributed by atoms with Gasteiger partial charge in [0.15, 0.2) is 11.6 Å². The van der Waals surface area contributed by atoms with E-state index in [1.807, 2.05) is 0 Å². The number of carbonyl (C=O) groups is 1. The van der Waals surface area contributed by atoms with Crippen molar-refractivity contribution in [1.82, 2.24) is 4.98 Å². The third-order valence-corrected chi connectivity index (χ3v) is 2.21. The van der Waals surface area contributed by atoms with Gasteiger partial charge in [0.1, 0.15) is 0 Å². The molecule has 0 aliphatic rings. The molecule has 0 fully saturated rings. The van der Waals surface area contributed by atoms with Gasteiger partial charge in [0.2, 0.25) is 5.88 Å². The number of nitro groups is 1. The summed E-state index contributed by atoms with van der Waals surface area (Å²) >= 11 is 0. The van der Waals surface area contributed by atoms with E-state index in [1.54, 1.807) is 13.0 Å². The third kappa shape index (κ3) is 3.16. The third-order valence-electron chi connectivity index (χ3n) is 2.21. The van der Waals surface area contributed by atoms with Crippen LogP contribution in [0.5, 0.6) is 5.88 Å². The Hall–Kier alpha value is -2.69. The molecule has 0 saturated carbocycles. The molecule has 0 radical (unpaired) electrons. The van der Waals surface area contributed by atoms with Crippen molar-refractivity contribution < 1.29 is 19.2 Å². The molecule has 1 rings (SSSR count). The predicted molar refractivity (Wildman–Crippen MR) is 62.4 cm³/mol. The van der Waals surface area contributed by atoms with Crippen LogP contribution in [-0.4, -0.2) is 29.6 Å².